The normalized spacial score (nSPS) is 11.9. The lowest BCUT2D eigenvalue weighted by Gasteiger charge is -2.20. The molecule has 0 radical (unpaired) electrons. The average Bonchev–Trinajstić information content (AvgIpc) is 2.67. The number of rotatable bonds is 9. The van der Waals surface area contributed by atoms with Crippen molar-refractivity contribution in [2.24, 2.45) is 0 Å². The SMILES string of the molecule is CC=C(CC)Oc1c(OC(C)C)c(=O)n(CCCC)c2cc([N+](=O)[O-])ccc12. The highest BCUT2D eigenvalue weighted by atomic mass is 16.6. The van der Waals surface area contributed by atoms with Crippen LogP contribution in [-0.4, -0.2) is 15.6 Å². The number of fused-ring (bicyclic) bond motifs is 1. The molecule has 1 aromatic carbocycles. The summed E-state index contributed by atoms with van der Waals surface area (Å²) in [7, 11) is 0. The maximum absolute atomic E-state index is 13.3. The Balaban J connectivity index is 2.88. The maximum Gasteiger partial charge on any atom is 0.297 e. The van der Waals surface area contributed by atoms with E-state index in [1.54, 1.807) is 10.6 Å². The molecule has 0 atom stereocenters. The zero-order valence-electron chi connectivity index (χ0n) is 17.2. The number of ether oxygens (including phenoxy) is 2. The molecule has 0 aliphatic heterocycles. The fourth-order valence-electron chi connectivity index (χ4n) is 2.95. The van der Waals surface area contributed by atoms with Crippen molar-refractivity contribution in [1.82, 2.24) is 4.57 Å². The molecule has 0 fully saturated rings. The van der Waals surface area contributed by atoms with Crippen LogP contribution in [0.4, 0.5) is 5.69 Å². The minimum Gasteiger partial charge on any atom is -0.482 e. The van der Waals surface area contributed by atoms with E-state index in [2.05, 4.69) is 0 Å². The molecule has 0 saturated heterocycles. The first kappa shape index (κ1) is 21.5. The van der Waals surface area contributed by atoms with Crippen molar-refractivity contribution in [3.8, 4) is 11.5 Å². The van der Waals surface area contributed by atoms with Gasteiger partial charge in [-0.15, -0.1) is 0 Å². The Kier molecular flexibility index (Phi) is 7.20. The number of non-ortho nitro benzene ring substituents is 1. The molecule has 1 aromatic heterocycles. The summed E-state index contributed by atoms with van der Waals surface area (Å²) >= 11 is 0. The van der Waals surface area contributed by atoms with Crippen molar-refractivity contribution in [1.29, 1.82) is 0 Å². The second-order valence-electron chi connectivity index (χ2n) is 6.80. The largest absolute Gasteiger partial charge is 0.482 e. The van der Waals surface area contributed by atoms with Gasteiger partial charge in [0.25, 0.3) is 11.2 Å². The monoisotopic (exact) mass is 388 g/mol. The van der Waals surface area contributed by atoms with Gasteiger partial charge in [-0.1, -0.05) is 20.3 Å². The van der Waals surface area contributed by atoms with Crippen LogP contribution in [0.5, 0.6) is 11.5 Å². The zero-order valence-corrected chi connectivity index (χ0v) is 17.2. The predicted octanol–water partition coefficient (Wildman–Crippen LogP) is 5.19. The lowest BCUT2D eigenvalue weighted by Crippen LogP contribution is -2.25. The average molecular weight is 388 g/mol. The van der Waals surface area contributed by atoms with Crippen LogP contribution in [0.3, 0.4) is 0 Å². The molecule has 0 bridgehead atoms. The number of hydrogen-bond donors (Lipinski definition) is 0. The van der Waals surface area contributed by atoms with Crippen LogP contribution in [0.2, 0.25) is 0 Å². The molecule has 152 valence electrons. The maximum atomic E-state index is 13.3. The minimum absolute atomic E-state index is 0.0672. The van der Waals surface area contributed by atoms with Crippen molar-refractivity contribution in [2.45, 2.75) is 66.5 Å². The lowest BCUT2D eigenvalue weighted by atomic mass is 10.1. The molecule has 0 aliphatic rings. The fourth-order valence-corrected chi connectivity index (χ4v) is 2.95. The summed E-state index contributed by atoms with van der Waals surface area (Å²) in [6, 6.07) is 4.48. The third kappa shape index (κ3) is 4.52. The van der Waals surface area contributed by atoms with Crippen molar-refractivity contribution in [3.05, 3.63) is 50.5 Å². The summed E-state index contributed by atoms with van der Waals surface area (Å²) in [6.07, 6.45) is 3.92. The number of pyridine rings is 1. The predicted molar refractivity (Wildman–Crippen MR) is 110 cm³/mol. The summed E-state index contributed by atoms with van der Waals surface area (Å²) in [4.78, 5) is 24.1. The van der Waals surface area contributed by atoms with E-state index in [1.165, 1.54) is 12.1 Å². The van der Waals surface area contributed by atoms with Gasteiger partial charge in [0.1, 0.15) is 0 Å². The topological polar surface area (TPSA) is 83.6 Å². The van der Waals surface area contributed by atoms with Crippen molar-refractivity contribution < 1.29 is 14.4 Å². The lowest BCUT2D eigenvalue weighted by molar-refractivity contribution is -0.384. The molecule has 7 nitrogen and oxygen atoms in total. The number of hydrogen-bond acceptors (Lipinski definition) is 5. The molecule has 0 spiro atoms. The van der Waals surface area contributed by atoms with Gasteiger partial charge in [0.15, 0.2) is 5.75 Å². The highest BCUT2D eigenvalue weighted by Gasteiger charge is 2.23. The van der Waals surface area contributed by atoms with Gasteiger partial charge < -0.3 is 14.0 Å². The minimum atomic E-state index is -0.462. The summed E-state index contributed by atoms with van der Waals surface area (Å²) < 4.78 is 13.5. The summed E-state index contributed by atoms with van der Waals surface area (Å²) in [5.41, 5.74) is 0.0735. The van der Waals surface area contributed by atoms with Crippen LogP contribution in [0.15, 0.2) is 34.8 Å². The van der Waals surface area contributed by atoms with Crippen molar-refractivity contribution in [3.63, 3.8) is 0 Å². The van der Waals surface area contributed by atoms with Gasteiger partial charge in [-0.2, -0.15) is 0 Å². The number of benzene rings is 1. The molecule has 7 heteroatoms. The molecule has 0 aliphatic carbocycles. The highest BCUT2D eigenvalue weighted by molar-refractivity contribution is 5.89. The van der Waals surface area contributed by atoms with E-state index in [0.717, 1.165) is 12.8 Å². The fraction of sp³-hybridized carbons (Fsp3) is 0.476. The van der Waals surface area contributed by atoms with Gasteiger partial charge in [0.05, 0.1) is 22.3 Å². The Morgan fingerprint density at radius 2 is 2.00 bits per heavy atom. The smallest absolute Gasteiger partial charge is 0.297 e. The quantitative estimate of drug-likeness (QED) is 0.335. The first-order valence-corrected chi connectivity index (χ1v) is 9.68. The van der Waals surface area contributed by atoms with Crippen LogP contribution < -0.4 is 15.0 Å². The first-order chi connectivity index (χ1) is 13.3. The standard InChI is InChI=1S/C21H28N2O5/c1-6-9-12-22-18-13-15(23(25)26)10-11-17(18)19(28-16(7-2)8-3)20(21(22)24)27-14(4)5/h7,10-11,13-14H,6,8-9,12H2,1-5H3. The van der Waals surface area contributed by atoms with E-state index in [1.807, 2.05) is 40.7 Å². The van der Waals surface area contributed by atoms with E-state index in [0.29, 0.717) is 35.4 Å². The third-order valence-corrected chi connectivity index (χ3v) is 4.37. The van der Waals surface area contributed by atoms with Crippen LogP contribution in [-0.2, 0) is 6.54 Å². The molecule has 2 aromatic rings. The number of aryl methyl sites for hydroxylation is 1. The van der Waals surface area contributed by atoms with Gasteiger partial charge in [-0.05, 0) is 39.3 Å². The molecule has 28 heavy (non-hydrogen) atoms. The van der Waals surface area contributed by atoms with E-state index >= 15 is 0 Å². The van der Waals surface area contributed by atoms with E-state index in [9.17, 15) is 14.9 Å². The Morgan fingerprint density at radius 3 is 2.54 bits per heavy atom. The van der Waals surface area contributed by atoms with Gasteiger partial charge in [-0.25, -0.2) is 0 Å². The molecular weight excluding hydrogens is 360 g/mol. The van der Waals surface area contributed by atoms with Crippen LogP contribution in [0.1, 0.15) is 53.9 Å². The Hall–Kier alpha value is -2.83. The molecule has 1 heterocycles. The number of nitrogens with zero attached hydrogens (tertiary/aromatic N) is 2. The number of unbranched alkanes of at least 4 members (excludes halogenated alkanes) is 1. The number of nitro benzene ring substituents is 1. The molecule has 0 amide bonds. The number of nitro groups is 1. The third-order valence-electron chi connectivity index (χ3n) is 4.37. The van der Waals surface area contributed by atoms with Gasteiger partial charge in [-0.3, -0.25) is 14.9 Å². The molecule has 0 unspecified atom stereocenters. The van der Waals surface area contributed by atoms with Crippen molar-refractivity contribution >= 4 is 16.6 Å². The molecule has 0 N–H and O–H groups in total. The van der Waals surface area contributed by atoms with Gasteiger partial charge in [0, 0.05) is 30.5 Å². The van der Waals surface area contributed by atoms with Crippen LogP contribution in [0, 0.1) is 10.1 Å². The highest BCUT2D eigenvalue weighted by Crippen LogP contribution is 2.36. The second-order valence-corrected chi connectivity index (χ2v) is 6.80. The molecule has 2 rings (SSSR count). The Morgan fingerprint density at radius 1 is 1.29 bits per heavy atom. The summed E-state index contributed by atoms with van der Waals surface area (Å²) in [5.74, 6) is 1.14. The van der Waals surface area contributed by atoms with Crippen molar-refractivity contribution in [2.75, 3.05) is 0 Å². The zero-order chi connectivity index (χ0) is 20.8. The van der Waals surface area contributed by atoms with Gasteiger partial charge >= 0.3 is 0 Å². The van der Waals surface area contributed by atoms with E-state index in [4.69, 9.17) is 9.47 Å². The summed E-state index contributed by atoms with van der Waals surface area (Å²) in [6.45, 7) is 9.97. The van der Waals surface area contributed by atoms with Crippen LogP contribution >= 0.6 is 0 Å². The Labute approximate surface area is 164 Å². The number of aromatic nitrogens is 1. The summed E-state index contributed by atoms with van der Waals surface area (Å²) in [5, 5.41) is 11.9. The van der Waals surface area contributed by atoms with E-state index in [-0.39, 0.29) is 23.1 Å². The molecular formula is C21H28N2O5. The van der Waals surface area contributed by atoms with E-state index < -0.39 is 4.92 Å². The molecule has 0 saturated carbocycles. The van der Waals surface area contributed by atoms with Gasteiger partial charge in [0.2, 0.25) is 5.75 Å². The first-order valence-electron chi connectivity index (χ1n) is 9.68. The Bertz CT molecular complexity index is 944. The number of allylic oxidation sites excluding steroid dienone is 2. The van der Waals surface area contributed by atoms with Crippen LogP contribution in [0.25, 0.3) is 10.9 Å². The second kappa shape index (κ2) is 9.39.